The highest BCUT2D eigenvalue weighted by atomic mass is 35.5. The number of hydrogen-bond donors (Lipinski definition) is 0. The molecule has 2 aromatic carbocycles. The van der Waals surface area contributed by atoms with Crippen LogP contribution in [0.5, 0.6) is 0 Å². The molecule has 0 aliphatic rings. The normalized spacial score (nSPS) is 10.8. The van der Waals surface area contributed by atoms with Crippen LogP contribution >= 0.6 is 81.8 Å². The molecule has 0 spiro atoms. The van der Waals surface area contributed by atoms with Crippen LogP contribution in [0.25, 0.3) is 0 Å². The number of amides is 2. The Hall–Kier alpha value is -2.49. The monoisotopic (exact) mass is 670 g/mol. The molecule has 0 atom stereocenters. The third-order valence-corrected chi connectivity index (χ3v) is 7.59. The van der Waals surface area contributed by atoms with Crippen molar-refractivity contribution in [2.24, 2.45) is 0 Å². The summed E-state index contributed by atoms with van der Waals surface area (Å²) in [5.41, 5.74) is 1.15. The Morgan fingerprint density at radius 3 is 1.30 bits per heavy atom. The summed E-state index contributed by atoms with van der Waals surface area (Å²) < 4.78 is 0. The van der Waals surface area contributed by atoms with Crippen LogP contribution in [0.2, 0.25) is 30.1 Å². The molecule has 0 saturated heterocycles. The van der Waals surface area contributed by atoms with Gasteiger partial charge in [-0.05, 0) is 59.7 Å². The van der Waals surface area contributed by atoms with E-state index in [-0.39, 0.29) is 59.5 Å². The second-order valence-corrected chi connectivity index (χ2v) is 11.1. The summed E-state index contributed by atoms with van der Waals surface area (Å²) in [4.78, 5) is 38.7. The van der Waals surface area contributed by atoms with Gasteiger partial charge in [-0.25, -0.2) is 0 Å². The summed E-state index contributed by atoms with van der Waals surface area (Å²) in [5.74, 6) is -1.34. The zero-order valence-corrected chi connectivity index (χ0v) is 25.5. The lowest BCUT2D eigenvalue weighted by Crippen LogP contribution is -2.48. The van der Waals surface area contributed by atoms with Gasteiger partial charge in [0, 0.05) is 34.8 Å². The van der Waals surface area contributed by atoms with Crippen molar-refractivity contribution in [3.8, 4) is 0 Å². The Labute approximate surface area is 265 Å². The van der Waals surface area contributed by atoms with Gasteiger partial charge < -0.3 is 0 Å². The Balaban J connectivity index is 1.84. The van der Waals surface area contributed by atoms with Crippen molar-refractivity contribution >= 4 is 98.8 Å². The first-order valence-electron chi connectivity index (χ1n) is 11.3. The Kier molecular flexibility index (Phi) is 10.2. The van der Waals surface area contributed by atoms with Gasteiger partial charge in [0.25, 0.3) is 11.8 Å². The number of carbonyl (C=O) groups excluding carboxylic acids is 2. The molecule has 13 heteroatoms. The van der Waals surface area contributed by atoms with Crippen molar-refractivity contribution in [1.82, 2.24) is 19.8 Å². The molecule has 2 amide bonds. The second-order valence-electron chi connectivity index (χ2n) is 8.28. The molecule has 0 fully saturated rings. The molecule has 0 radical (unpaired) electrons. The van der Waals surface area contributed by atoms with E-state index in [1.165, 1.54) is 34.1 Å². The Morgan fingerprint density at radius 1 is 0.650 bits per heavy atom. The standard InChI is InChI=1S/C27H16Cl6N4O2S/c28-17-7-19(30)23(20(31)8-17)25(38)36(13-15-3-1-5-34-11-15)27(40)37(14-16-4-2-6-35-12-16)26(39)24-21(32)9-18(29)10-22(24)33/h1-12H,13-14H2. The second kappa shape index (κ2) is 13.4. The number of rotatable bonds is 6. The summed E-state index contributed by atoms with van der Waals surface area (Å²) in [6.45, 7) is -0.139. The minimum Gasteiger partial charge on any atom is -0.280 e. The molecule has 4 rings (SSSR count). The molecule has 0 aliphatic carbocycles. The summed E-state index contributed by atoms with van der Waals surface area (Å²) in [7, 11) is 0. The smallest absolute Gasteiger partial charge is 0.263 e. The van der Waals surface area contributed by atoms with Gasteiger partial charge in [-0.15, -0.1) is 0 Å². The lowest BCUT2D eigenvalue weighted by Gasteiger charge is -2.32. The molecule has 40 heavy (non-hydrogen) atoms. The lowest BCUT2D eigenvalue weighted by atomic mass is 10.1. The summed E-state index contributed by atoms with van der Waals surface area (Å²) in [6.07, 6.45) is 6.30. The van der Waals surface area contributed by atoms with Gasteiger partial charge in [-0.2, -0.15) is 0 Å². The number of nitrogens with zero attached hydrogens (tertiary/aromatic N) is 4. The summed E-state index contributed by atoms with van der Waals surface area (Å²) in [5, 5.41) is 0.352. The topological polar surface area (TPSA) is 66.4 Å². The maximum Gasteiger partial charge on any atom is 0.263 e. The van der Waals surface area contributed by atoms with Crippen molar-refractivity contribution < 1.29 is 9.59 Å². The minimum atomic E-state index is -0.669. The van der Waals surface area contributed by atoms with Crippen LogP contribution in [-0.2, 0) is 13.1 Å². The SMILES string of the molecule is O=C(c1c(Cl)cc(Cl)cc1Cl)N(Cc1cccnc1)C(=S)N(Cc1cccnc1)C(=O)c1c(Cl)cc(Cl)cc1Cl. The molecular formula is C27H16Cl6N4O2S. The molecule has 0 unspecified atom stereocenters. The van der Waals surface area contributed by atoms with Crippen LogP contribution < -0.4 is 0 Å². The third kappa shape index (κ3) is 7.04. The van der Waals surface area contributed by atoms with Crippen LogP contribution in [0, 0.1) is 0 Å². The van der Waals surface area contributed by atoms with E-state index in [9.17, 15) is 9.59 Å². The molecule has 2 aromatic heterocycles. The number of aromatic nitrogens is 2. The van der Waals surface area contributed by atoms with Gasteiger partial charge in [0.15, 0.2) is 5.11 Å². The van der Waals surface area contributed by atoms with Crippen LogP contribution in [-0.4, -0.2) is 36.7 Å². The van der Waals surface area contributed by atoms with Crippen molar-refractivity contribution in [2.45, 2.75) is 13.1 Å². The van der Waals surface area contributed by atoms with E-state index in [1.54, 1.807) is 49.1 Å². The molecule has 0 saturated carbocycles. The quantitative estimate of drug-likeness (QED) is 0.192. The first-order valence-corrected chi connectivity index (χ1v) is 14.0. The van der Waals surface area contributed by atoms with Gasteiger partial charge in [-0.3, -0.25) is 29.4 Å². The van der Waals surface area contributed by atoms with Crippen LogP contribution in [0.15, 0.2) is 73.3 Å². The predicted octanol–water partition coefficient (Wildman–Crippen LogP) is 8.67. The zero-order valence-electron chi connectivity index (χ0n) is 20.1. The fourth-order valence-corrected chi connectivity index (χ4v) is 5.96. The highest BCUT2D eigenvalue weighted by Gasteiger charge is 2.33. The molecule has 0 bridgehead atoms. The zero-order chi connectivity index (χ0) is 29.0. The number of halogens is 6. The van der Waals surface area contributed by atoms with Crippen molar-refractivity contribution in [1.29, 1.82) is 0 Å². The molecule has 4 aromatic rings. The highest BCUT2D eigenvalue weighted by molar-refractivity contribution is 7.80. The van der Waals surface area contributed by atoms with Crippen molar-refractivity contribution in [3.63, 3.8) is 0 Å². The summed E-state index contributed by atoms with van der Waals surface area (Å²) in [6, 6.07) is 12.5. The molecule has 0 aliphatic heterocycles. The highest BCUT2D eigenvalue weighted by Crippen LogP contribution is 2.33. The van der Waals surface area contributed by atoms with Crippen LogP contribution in [0.3, 0.4) is 0 Å². The Morgan fingerprint density at radius 2 is 1.00 bits per heavy atom. The molecule has 6 nitrogen and oxygen atoms in total. The fourth-order valence-electron chi connectivity index (χ4n) is 3.71. The predicted molar refractivity (Wildman–Crippen MR) is 164 cm³/mol. The van der Waals surface area contributed by atoms with Crippen molar-refractivity contribution in [2.75, 3.05) is 0 Å². The fraction of sp³-hybridized carbons (Fsp3) is 0.0741. The lowest BCUT2D eigenvalue weighted by molar-refractivity contribution is 0.0776. The van der Waals surface area contributed by atoms with E-state index in [0.29, 0.717) is 11.1 Å². The molecule has 2 heterocycles. The van der Waals surface area contributed by atoms with Crippen LogP contribution in [0.1, 0.15) is 31.8 Å². The Bertz CT molecular complexity index is 1430. The first kappa shape index (κ1) is 30.5. The molecule has 204 valence electrons. The summed E-state index contributed by atoms with van der Waals surface area (Å²) >= 11 is 43.5. The van der Waals surface area contributed by atoms with Crippen molar-refractivity contribution in [3.05, 3.63) is 126 Å². The third-order valence-electron chi connectivity index (χ3n) is 5.52. The van der Waals surface area contributed by atoms with E-state index in [4.69, 9.17) is 81.8 Å². The maximum absolute atomic E-state index is 14.0. The number of pyridine rings is 2. The molecule has 0 N–H and O–H groups in total. The average Bonchev–Trinajstić information content (AvgIpc) is 2.90. The largest absolute Gasteiger partial charge is 0.280 e. The van der Waals surface area contributed by atoms with Gasteiger partial charge in [0.2, 0.25) is 0 Å². The van der Waals surface area contributed by atoms with Crippen LogP contribution in [0.4, 0.5) is 0 Å². The van der Waals surface area contributed by atoms with Gasteiger partial charge >= 0.3 is 0 Å². The van der Waals surface area contributed by atoms with Gasteiger partial charge in [-0.1, -0.05) is 81.7 Å². The maximum atomic E-state index is 14.0. The number of benzene rings is 2. The minimum absolute atomic E-state index is 0.00964. The van der Waals surface area contributed by atoms with E-state index in [2.05, 4.69) is 9.97 Å². The van der Waals surface area contributed by atoms with E-state index in [0.717, 1.165) is 0 Å². The van der Waals surface area contributed by atoms with Gasteiger partial charge in [0.05, 0.1) is 44.3 Å². The molecular weight excluding hydrogens is 657 g/mol. The average molecular weight is 673 g/mol. The number of hydrogen-bond acceptors (Lipinski definition) is 5. The van der Waals surface area contributed by atoms with E-state index >= 15 is 0 Å². The van der Waals surface area contributed by atoms with E-state index in [1.807, 2.05) is 0 Å². The number of thiocarbonyl (C=S) groups is 1. The first-order chi connectivity index (χ1) is 19.1. The van der Waals surface area contributed by atoms with E-state index < -0.39 is 11.8 Å². The number of carbonyl (C=O) groups is 2. The van der Waals surface area contributed by atoms with Gasteiger partial charge in [0.1, 0.15) is 0 Å².